The summed E-state index contributed by atoms with van der Waals surface area (Å²) in [6, 6.07) is 9.68. The summed E-state index contributed by atoms with van der Waals surface area (Å²) >= 11 is 0. The van der Waals surface area contributed by atoms with E-state index in [0.29, 0.717) is 6.04 Å². The second-order valence-corrected chi connectivity index (χ2v) is 5.42. The zero-order valence-electron chi connectivity index (χ0n) is 10.6. The van der Waals surface area contributed by atoms with E-state index < -0.39 is 0 Å². The molecule has 17 heavy (non-hydrogen) atoms. The molecule has 0 radical (unpaired) electrons. The third-order valence-corrected chi connectivity index (χ3v) is 4.34. The topological polar surface area (TPSA) is 3.24 Å². The summed E-state index contributed by atoms with van der Waals surface area (Å²) in [5.74, 6) is 0.812. The Morgan fingerprint density at radius 1 is 1.18 bits per heavy atom. The Balaban J connectivity index is 1.94. The summed E-state index contributed by atoms with van der Waals surface area (Å²) in [5, 5.41) is 0. The SMILES string of the molecule is CN1CCc2ccccc2C1C1CC=CCC1. The molecule has 0 bridgehead atoms. The van der Waals surface area contributed by atoms with Crippen LogP contribution in [0.4, 0.5) is 0 Å². The van der Waals surface area contributed by atoms with Gasteiger partial charge in [0.15, 0.2) is 0 Å². The summed E-state index contributed by atoms with van der Waals surface area (Å²) < 4.78 is 0. The van der Waals surface area contributed by atoms with E-state index >= 15 is 0 Å². The molecule has 2 atom stereocenters. The quantitative estimate of drug-likeness (QED) is 0.663. The van der Waals surface area contributed by atoms with Crippen LogP contribution in [0.3, 0.4) is 0 Å². The molecule has 1 aromatic carbocycles. The maximum Gasteiger partial charge on any atom is 0.0379 e. The molecule has 2 aliphatic rings. The van der Waals surface area contributed by atoms with Crippen LogP contribution in [0.2, 0.25) is 0 Å². The minimum atomic E-state index is 0.643. The minimum Gasteiger partial charge on any atom is -0.299 e. The maximum absolute atomic E-state index is 2.56. The van der Waals surface area contributed by atoms with Crippen molar-refractivity contribution in [1.29, 1.82) is 0 Å². The van der Waals surface area contributed by atoms with E-state index in [-0.39, 0.29) is 0 Å². The molecule has 0 N–H and O–H groups in total. The number of fused-ring (bicyclic) bond motifs is 1. The van der Waals surface area contributed by atoms with Crippen LogP contribution in [0.25, 0.3) is 0 Å². The van der Waals surface area contributed by atoms with Gasteiger partial charge in [0.05, 0.1) is 0 Å². The van der Waals surface area contributed by atoms with Crippen molar-refractivity contribution in [2.24, 2.45) is 5.92 Å². The predicted molar refractivity (Wildman–Crippen MR) is 72.0 cm³/mol. The third-order valence-electron chi connectivity index (χ3n) is 4.34. The number of hydrogen-bond acceptors (Lipinski definition) is 1. The molecular weight excluding hydrogens is 206 g/mol. The number of rotatable bonds is 1. The van der Waals surface area contributed by atoms with E-state index in [1.165, 1.54) is 32.2 Å². The summed E-state index contributed by atoms with van der Waals surface area (Å²) in [7, 11) is 2.29. The Hall–Kier alpha value is -1.08. The first-order chi connectivity index (χ1) is 8.36. The number of likely N-dealkylation sites (N-methyl/N-ethyl adjacent to an activating group) is 1. The molecular formula is C16H21N. The van der Waals surface area contributed by atoms with E-state index in [4.69, 9.17) is 0 Å². The van der Waals surface area contributed by atoms with Gasteiger partial charge in [0, 0.05) is 12.6 Å². The van der Waals surface area contributed by atoms with Gasteiger partial charge in [0.1, 0.15) is 0 Å². The van der Waals surface area contributed by atoms with Crippen LogP contribution >= 0.6 is 0 Å². The van der Waals surface area contributed by atoms with Crippen molar-refractivity contribution in [3.05, 3.63) is 47.5 Å². The first kappa shape index (κ1) is 11.0. The zero-order valence-corrected chi connectivity index (χ0v) is 10.6. The molecule has 0 spiro atoms. The van der Waals surface area contributed by atoms with E-state index in [9.17, 15) is 0 Å². The van der Waals surface area contributed by atoms with Crippen molar-refractivity contribution in [2.75, 3.05) is 13.6 Å². The van der Waals surface area contributed by atoms with Gasteiger partial charge < -0.3 is 0 Å². The lowest BCUT2D eigenvalue weighted by Crippen LogP contribution is -2.36. The normalized spacial score (nSPS) is 29.0. The van der Waals surface area contributed by atoms with Gasteiger partial charge in [-0.25, -0.2) is 0 Å². The molecule has 1 nitrogen and oxygen atoms in total. The van der Waals surface area contributed by atoms with Crippen molar-refractivity contribution < 1.29 is 0 Å². The fourth-order valence-electron chi connectivity index (χ4n) is 3.44. The molecule has 0 aromatic heterocycles. The first-order valence-corrected chi connectivity index (χ1v) is 6.79. The molecule has 1 aliphatic heterocycles. The Morgan fingerprint density at radius 2 is 2.06 bits per heavy atom. The second kappa shape index (κ2) is 4.66. The molecule has 2 unspecified atom stereocenters. The Morgan fingerprint density at radius 3 is 2.88 bits per heavy atom. The average Bonchev–Trinajstić information content (AvgIpc) is 2.39. The fourth-order valence-corrected chi connectivity index (χ4v) is 3.44. The van der Waals surface area contributed by atoms with E-state index in [2.05, 4.69) is 48.4 Å². The highest BCUT2D eigenvalue weighted by atomic mass is 15.1. The van der Waals surface area contributed by atoms with Gasteiger partial charge in [-0.3, -0.25) is 4.90 Å². The van der Waals surface area contributed by atoms with E-state index in [1.54, 1.807) is 11.1 Å². The van der Waals surface area contributed by atoms with Gasteiger partial charge in [-0.1, -0.05) is 36.4 Å². The van der Waals surface area contributed by atoms with Crippen LogP contribution in [0.5, 0.6) is 0 Å². The zero-order chi connectivity index (χ0) is 11.7. The number of nitrogens with zero attached hydrogens (tertiary/aromatic N) is 1. The van der Waals surface area contributed by atoms with Gasteiger partial charge in [0.25, 0.3) is 0 Å². The lowest BCUT2D eigenvalue weighted by Gasteiger charge is -2.40. The summed E-state index contributed by atoms with van der Waals surface area (Å²) in [6.45, 7) is 1.21. The highest BCUT2D eigenvalue weighted by molar-refractivity contribution is 5.33. The lowest BCUT2D eigenvalue weighted by atomic mass is 9.79. The number of allylic oxidation sites excluding steroid dienone is 2. The van der Waals surface area contributed by atoms with Crippen molar-refractivity contribution >= 4 is 0 Å². The van der Waals surface area contributed by atoms with Gasteiger partial charge in [-0.2, -0.15) is 0 Å². The van der Waals surface area contributed by atoms with Crippen molar-refractivity contribution in [1.82, 2.24) is 4.90 Å². The highest BCUT2D eigenvalue weighted by Crippen LogP contribution is 2.39. The van der Waals surface area contributed by atoms with E-state index in [1.807, 2.05) is 0 Å². The van der Waals surface area contributed by atoms with Crippen LogP contribution in [-0.4, -0.2) is 18.5 Å². The highest BCUT2D eigenvalue weighted by Gasteiger charge is 2.31. The molecule has 0 saturated heterocycles. The molecule has 1 aromatic rings. The Labute approximate surface area is 104 Å². The van der Waals surface area contributed by atoms with Gasteiger partial charge in [0.2, 0.25) is 0 Å². The largest absolute Gasteiger partial charge is 0.299 e. The van der Waals surface area contributed by atoms with Crippen molar-refractivity contribution in [2.45, 2.75) is 31.7 Å². The van der Waals surface area contributed by atoms with Crippen LogP contribution < -0.4 is 0 Å². The maximum atomic E-state index is 2.56. The Bertz CT molecular complexity index is 421. The van der Waals surface area contributed by atoms with Crippen LogP contribution in [0, 0.1) is 5.92 Å². The van der Waals surface area contributed by atoms with Crippen LogP contribution in [0.15, 0.2) is 36.4 Å². The molecule has 0 fully saturated rings. The fraction of sp³-hybridized carbons (Fsp3) is 0.500. The summed E-state index contributed by atoms with van der Waals surface area (Å²) in [4.78, 5) is 2.56. The monoisotopic (exact) mass is 227 g/mol. The van der Waals surface area contributed by atoms with Gasteiger partial charge in [-0.15, -0.1) is 0 Å². The van der Waals surface area contributed by atoms with Gasteiger partial charge in [-0.05, 0) is 49.8 Å². The lowest BCUT2D eigenvalue weighted by molar-refractivity contribution is 0.155. The van der Waals surface area contributed by atoms with Crippen molar-refractivity contribution in [3.8, 4) is 0 Å². The summed E-state index contributed by atoms with van der Waals surface area (Å²) in [5.41, 5.74) is 3.16. The molecule has 3 rings (SSSR count). The van der Waals surface area contributed by atoms with Gasteiger partial charge >= 0.3 is 0 Å². The summed E-state index contributed by atoms with van der Waals surface area (Å²) in [6.07, 6.45) is 9.79. The minimum absolute atomic E-state index is 0.643. The van der Waals surface area contributed by atoms with Crippen LogP contribution in [0.1, 0.15) is 36.4 Å². The van der Waals surface area contributed by atoms with Crippen LogP contribution in [-0.2, 0) is 6.42 Å². The number of benzene rings is 1. The first-order valence-electron chi connectivity index (χ1n) is 6.79. The predicted octanol–water partition coefficient (Wildman–Crippen LogP) is 3.57. The standard InChI is InChI=1S/C16H21N/c1-17-12-11-13-7-5-6-10-15(13)16(17)14-8-3-2-4-9-14/h2-3,5-7,10,14,16H,4,8-9,11-12H2,1H3. The molecule has 90 valence electrons. The second-order valence-electron chi connectivity index (χ2n) is 5.42. The molecule has 1 heteroatoms. The molecule has 1 aliphatic carbocycles. The molecule has 1 heterocycles. The van der Waals surface area contributed by atoms with E-state index in [0.717, 1.165) is 5.92 Å². The Kier molecular flexibility index (Phi) is 3.02. The third kappa shape index (κ3) is 2.04. The molecule has 0 amide bonds. The number of hydrogen-bond donors (Lipinski definition) is 0. The smallest absolute Gasteiger partial charge is 0.0379 e. The average molecular weight is 227 g/mol. The van der Waals surface area contributed by atoms with Crippen molar-refractivity contribution in [3.63, 3.8) is 0 Å². The molecule has 0 saturated carbocycles.